The molecular weight excluding hydrogens is 301 g/mol. The maximum absolute atomic E-state index is 13.0. The van der Waals surface area contributed by atoms with E-state index in [1.54, 1.807) is 24.3 Å². The number of hydrogen-bond donors (Lipinski definition) is 0. The number of ether oxygens (including phenoxy) is 1. The van der Waals surface area contributed by atoms with Crippen LogP contribution in [-0.4, -0.2) is 12.5 Å². The number of thioether (sulfide) groups is 1. The molecule has 0 amide bonds. The Morgan fingerprint density at radius 1 is 1.10 bits per heavy atom. The van der Waals surface area contributed by atoms with Crippen molar-refractivity contribution in [2.24, 2.45) is 0 Å². The molecule has 0 aromatic heterocycles. The highest BCUT2D eigenvalue weighted by atomic mass is 32.2. The minimum atomic E-state index is -4.59. The Bertz CT molecular complexity index is 636. The Morgan fingerprint density at radius 3 is 2.29 bits per heavy atom. The van der Waals surface area contributed by atoms with E-state index in [9.17, 15) is 18.0 Å². The van der Waals surface area contributed by atoms with Crippen LogP contribution < -0.4 is 4.74 Å². The highest BCUT2D eigenvalue weighted by Gasteiger charge is 2.34. The maximum Gasteiger partial charge on any atom is 0.420 e. The fourth-order valence-corrected chi connectivity index (χ4v) is 2.11. The van der Waals surface area contributed by atoms with Gasteiger partial charge in [-0.15, -0.1) is 11.8 Å². The molecule has 2 nitrogen and oxygen atoms in total. The topological polar surface area (TPSA) is 26.3 Å². The summed E-state index contributed by atoms with van der Waals surface area (Å²) < 4.78 is 44.3. The third-order valence-corrected chi connectivity index (χ3v) is 3.48. The van der Waals surface area contributed by atoms with E-state index in [1.165, 1.54) is 17.8 Å². The van der Waals surface area contributed by atoms with Crippen molar-refractivity contribution in [3.8, 4) is 11.5 Å². The molecule has 2 rings (SSSR count). The van der Waals surface area contributed by atoms with Gasteiger partial charge in [0.25, 0.3) is 0 Å². The second kappa shape index (κ2) is 6.22. The van der Waals surface area contributed by atoms with Gasteiger partial charge < -0.3 is 4.74 Å². The number of rotatable bonds is 4. The Balaban J connectivity index is 2.36. The van der Waals surface area contributed by atoms with E-state index < -0.39 is 11.7 Å². The second-order valence-electron chi connectivity index (χ2n) is 4.15. The number of hydrogen-bond acceptors (Lipinski definition) is 3. The van der Waals surface area contributed by atoms with Gasteiger partial charge in [0.05, 0.1) is 5.56 Å². The molecule has 0 bridgehead atoms. The van der Waals surface area contributed by atoms with Crippen LogP contribution in [0.3, 0.4) is 0 Å². The van der Waals surface area contributed by atoms with Crippen molar-refractivity contribution < 1.29 is 22.7 Å². The average molecular weight is 312 g/mol. The highest BCUT2D eigenvalue weighted by Crippen LogP contribution is 2.38. The van der Waals surface area contributed by atoms with Crippen LogP contribution in [0.25, 0.3) is 0 Å². The van der Waals surface area contributed by atoms with E-state index in [-0.39, 0.29) is 11.3 Å². The zero-order valence-corrected chi connectivity index (χ0v) is 11.8. The molecule has 110 valence electrons. The predicted molar refractivity (Wildman–Crippen MR) is 75.1 cm³/mol. The standard InChI is InChI=1S/C15H11F3O2S/c1-21-12-5-3-11(4-6-12)20-14-7-2-10(9-19)8-13(14)15(16,17)18/h2-9H,1H3. The number of alkyl halides is 3. The van der Waals surface area contributed by atoms with Crippen LogP contribution in [0.2, 0.25) is 0 Å². The minimum Gasteiger partial charge on any atom is -0.457 e. The van der Waals surface area contributed by atoms with E-state index >= 15 is 0 Å². The van der Waals surface area contributed by atoms with Gasteiger partial charge in [-0.2, -0.15) is 13.2 Å². The van der Waals surface area contributed by atoms with Crippen LogP contribution in [0.5, 0.6) is 11.5 Å². The van der Waals surface area contributed by atoms with Crippen LogP contribution in [-0.2, 0) is 6.18 Å². The second-order valence-corrected chi connectivity index (χ2v) is 5.03. The fraction of sp³-hybridized carbons (Fsp3) is 0.133. The summed E-state index contributed by atoms with van der Waals surface area (Å²) in [5.41, 5.74) is -1.02. The normalized spacial score (nSPS) is 11.2. The summed E-state index contributed by atoms with van der Waals surface area (Å²) in [4.78, 5) is 11.6. The lowest BCUT2D eigenvalue weighted by Gasteiger charge is -2.14. The van der Waals surface area contributed by atoms with E-state index in [0.29, 0.717) is 12.0 Å². The first kappa shape index (κ1) is 15.4. The molecule has 0 unspecified atom stereocenters. The summed E-state index contributed by atoms with van der Waals surface area (Å²) >= 11 is 1.52. The van der Waals surface area contributed by atoms with Gasteiger partial charge in [0, 0.05) is 10.5 Å². The van der Waals surface area contributed by atoms with Crippen molar-refractivity contribution in [2.75, 3.05) is 6.26 Å². The summed E-state index contributed by atoms with van der Waals surface area (Å²) in [5, 5.41) is 0. The lowest BCUT2D eigenvalue weighted by atomic mass is 10.1. The summed E-state index contributed by atoms with van der Waals surface area (Å²) in [6.07, 6.45) is -2.32. The SMILES string of the molecule is CSc1ccc(Oc2ccc(C=O)cc2C(F)(F)F)cc1. The third kappa shape index (κ3) is 3.78. The van der Waals surface area contributed by atoms with Crippen LogP contribution in [0, 0.1) is 0 Å². The Morgan fingerprint density at radius 2 is 1.76 bits per heavy atom. The van der Waals surface area contributed by atoms with E-state index in [2.05, 4.69) is 0 Å². The maximum atomic E-state index is 13.0. The molecule has 0 aliphatic rings. The fourth-order valence-electron chi connectivity index (χ4n) is 1.70. The molecule has 6 heteroatoms. The molecule has 0 atom stereocenters. The molecule has 2 aromatic carbocycles. The Labute approximate surface area is 123 Å². The molecule has 0 fully saturated rings. The van der Waals surface area contributed by atoms with E-state index in [0.717, 1.165) is 17.0 Å². The monoisotopic (exact) mass is 312 g/mol. The van der Waals surface area contributed by atoms with Crippen LogP contribution in [0.4, 0.5) is 13.2 Å². The van der Waals surface area contributed by atoms with Gasteiger partial charge >= 0.3 is 6.18 Å². The molecule has 0 aliphatic heterocycles. The quantitative estimate of drug-likeness (QED) is 0.585. The molecule has 0 saturated heterocycles. The molecule has 0 radical (unpaired) electrons. The minimum absolute atomic E-state index is 0.0487. The molecule has 0 N–H and O–H groups in total. The predicted octanol–water partition coefficient (Wildman–Crippen LogP) is 5.03. The molecule has 2 aromatic rings. The molecule has 21 heavy (non-hydrogen) atoms. The van der Waals surface area contributed by atoms with E-state index in [4.69, 9.17) is 4.74 Å². The number of benzene rings is 2. The van der Waals surface area contributed by atoms with Crippen LogP contribution >= 0.6 is 11.8 Å². The third-order valence-electron chi connectivity index (χ3n) is 2.73. The molecular formula is C15H11F3O2S. The lowest BCUT2D eigenvalue weighted by Crippen LogP contribution is -2.08. The smallest absolute Gasteiger partial charge is 0.420 e. The summed E-state index contributed by atoms with van der Waals surface area (Å²) in [7, 11) is 0. The zero-order valence-electron chi connectivity index (χ0n) is 11.0. The van der Waals surface area contributed by atoms with Crippen molar-refractivity contribution in [1.82, 2.24) is 0 Å². The first-order valence-corrected chi connectivity index (χ1v) is 7.15. The van der Waals surface area contributed by atoms with Gasteiger partial charge in [-0.3, -0.25) is 4.79 Å². The van der Waals surface area contributed by atoms with Gasteiger partial charge in [0.1, 0.15) is 17.8 Å². The van der Waals surface area contributed by atoms with Crippen molar-refractivity contribution in [2.45, 2.75) is 11.1 Å². The summed E-state index contributed by atoms with van der Waals surface area (Å²) in [5.74, 6) is -0.0258. The molecule has 0 spiro atoms. The molecule has 0 saturated carbocycles. The van der Waals surface area contributed by atoms with Gasteiger partial charge in [-0.25, -0.2) is 0 Å². The van der Waals surface area contributed by atoms with Crippen molar-refractivity contribution in [3.05, 3.63) is 53.6 Å². The highest BCUT2D eigenvalue weighted by molar-refractivity contribution is 7.98. The number of aldehydes is 1. The van der Waals surface area contributed by atoms with Crippen LogP contribution in [0.15, 0.2) is 47.4 Å². The molecule has 0 aliphatic carbocycles. The Kier molecular flexibility index (Phi) is 4.57. The summed E-state index contributed by atoms with van der Waals surface area (Å²) in [6, 6.07) is 9.92. The van der Waals surface area contributed by atoms with Crippen molar-refractivity contribution in [3.63, 3.8) is 0 Å². The largest absolute Gasteiger partial charge is 0.457 e. The first-order chi connectivity index (χ1) is 9.94. The number of halogens is 3. The van der Waals surface area contributed by atoms with E-state index in [1.807, 2.05) is 6.26 Å². The Hall–Kier alpha value is -1.95. The first-order valence-electron chi connectivity index (χ1n) is 5.92. The number of carbonyl (C=O) groups is 1. The van der Waals surface area contributed by atoms with Crippen molar-refractivity contribution in [1.29, 1.82) is 0 Å². The molecule has 0 heterocycles. The van der Waals surface area contributed by atoms with Gasteiger partial charge in [0.15, 0.2) is 0 Å². The summed E-state index contributed by atoms with van der Waals surface area (Å²) in [6.45, 7) is 0. The average Bonchev–Trinajstić information content (AvgIpc) is 2.47. The lowest BCUT2D eigenvalue weighted by molar-refractivity contribution is -0.138. The van der Waals surface area contributed by atoms with Crippen LogP contribution in [0.1, 0.15) is 15.9 Å². The van der Waals surface area contributed by atoms with Gasteiger partial charge in [-0.05, 0) is 48.7 Å². The number of carbonyl (C=O) groups excluding carboxylic acids is 1. The van der Waals surface area contributed by atoms with Gasteiger partial charge in [0.2, 0.25) is 0 Å². The zero-order chi connectivity index (χ0) is 15.5. The van der Waals surface area contributed by atoms with Crippen molar-refractivity contribution >= 4 is 18.0 Å². The van der Waals surface area contributed by atoms with Gasteiger partial charge in [-0.1, -0.05) is 0 Å².